The van der Waals surface area contributed by atoms with E-state index in [9.17, 15) is 23.6 Å². The van der Waals surface area contributed by atoms with E-state index in [2.05, 4.69) is 19.4 Å². The minimum absolute atomic E-state index is 0.0347. The van der Waals surface area contributed by atoms with E-state index in [0.29, 0.717) is 11.5 Å². The smallest absolute Gasteiger partial charge is 0.345 e. The SMILES string of the molecule is Cc1ccc([C@@H](C)N=C2NS(=O)(=O)N=C2Nc2ccc([N+](=O)[O-])cc2O)o1. The van der Waals surface area contributed by atoms with Crippen LogP contribution in [0.5, 0.6) is 5.75 Å². The zero-order valence-corrected chi connectivity index (χ0v) is 15.0. The lowest BCUT2D eigenvalue weighted by Crippen LogP contribution is -2.30. The molecule has 0 amide bonds. The molecule has 1 aliphatic rings. The zero-order valence-electron chi connectivity index (χ0n) is 14.2. The molecular formula is C15H15N5O6S. The van der Waals surface area contributed by atoms with E-state index in [0.717, 1.165) is 12.1 Å². The summed E-state index contributed by atoms with van der Waals surface area (Å²) in [5.41, 5.74) is -0.277. The van der Waals surface area contributed by atoms with E-state index in [1.165, 1.54) is 6.07 Å². The van der Waals surface area contributed by atoms with Crippen LogP contribution in [0.25, 0.3) is 0 Å². The Kier molecular flexibility index (Phi) is 4.57. The average molecular weight is 393 g/mol. The Labute approximate surface area is 153 Å². The number of aliphatic imine (C=N–C) groups is 1. The molecule has 0 unspecified atom stereocenters. The fraction of sp³-hybridized carbons (Fsp3) is 0.200. The fourth-order valence-electron chi connectivity index (χ4n) is 2.33. The number of aryl methyl sites for hydroxylation is 1. The largest absolute Gasteiger partial charge is 0.506 e. The molecule has 0 spiro atoms. The van der Waals surface area contributed by atoms with Crippen LogP contribution in [0.3, 0.4) is 0 Å². The van der Waals surface area contributed by atoms with Crippen LogP contribution in [0.2, 0.25) is 0 Å². The van der Waals surface area contributed by atoms with Gasteiger partial charge in [-0.1, -0.05) is 0 Å². The van der Waals surface area contributed by atoms with Crippen LogP contribution >= 0.6 is 0 Å². The molecule has 11 nitrogen and oxygen atoms in total. The lowest BCUT2D eigenvalue weighted by molar-refractivity contribution is -0.384. The summed E-state index contributed by atoms with van der Waals surface area (Å²) < 4.78 is 34.8. The maximum atomic E-state index is 11.8. The predicted molar refractivity (Wildman–Crippen MR) is 97.2 cm³/mol. The van der Waals surface area contributed by atoms with Crippen molar-refractivity contribution >= 4 is 33.3 Å². The molecule has 2 heterocycles. The molecular weight excluding hydrogens is 378 g/mol. The summed E-state index contributed by atoms with van der Waals surface area (Å²) in [5, 5.41) is 23.3. The maximum Gasteiger partial charge on any atom is 0.345 e. The van der Waals surface area contributed by atoms with Crippen molar-refractivity contribution in [3.05, 3.63) is 52.0 Å². The standard InChI is InChI=1S/C15H15N5O6S/c1-8-3-6-13(26-8)9(2)16-14-15(19-27(24,25)18-14)17-11-5-4-10(20(22)23)7-12(11)21/h3-7,9,21H,1-2H3,(H,16,18)(H,17,19)/t9-/m1/s1. The van der Waals surface area contributed by atoms with Gasteiger partial charge in [0.25, 0.3) is 5.69 Å². The van der Waals surface area contributed by atoms with Gasteiger partial charge in [0.15, 0.2) is 11.7 Å². The monoisotopic (exact) mass is 393 g/mol. The van der Waals surface area contributed by atoms with Crippen LogP contribution in [0.4, 0.5) is 11.4 Å². The number of amidine groups is 2. The molecule has 3 rings (SSSR count). The van der Waals surface area contributed by atoms with Gasteiger partial charge >= 0.3 is 10.2 Å². The minimum Gasteiger partial charge on any atom is -0.506 e. The maximum absolute atomic E-state index is 11.8. The summed E-state index contributed by atoms with van der Waals surface area (Å²) in [4.78, 5) is 14.3. The number of phenols is 1. The van der Waals surface area contributed by atoms with Crippen molar-refractivity contribution in [1.29, 1.82) is 0 Å². The molecule has 0 aliphatic carbocycles. The van der Waals surface area contributed by atoms with Gasteiger partial charge < -0.3 is 14.8 Å². The van der Waals surface area contributed by atoms with Crippen molar-refractivity contribution in [3.8, 4) is 5.75 Å². The van der Waals surface area contributed by atoms with Crippen molar-refractivity contribution in [3.63, 3.8) is 0 Å². The normalized spacial score (nSPS) is 18.0. The van der Waals surface area contributed by atoms with Crippen LogP contribution in [0.1, 0.15) is 24.5 Å². The van der Waals surface area contributed by atoms with Gasteiger partial charge in [-0.3, -0.25) is 15.1 Å². The topological polar surface area (TPSA) is 159 Å². The lowest BCUT2D eigenvalue weighted by Gasteiger charge is -2.09. The second kappa shape index (κ2) is 6.72. The zero-order chi connectivity index (χ0) is 19.8. The van der Waals surface area contributed by atoms with Gasteiger partial charge in [0.1, 0.15) is 23.3 Å². The highest BCUT2D eigenvalue weighted by Gasteiger charge is 2.28. The molecule has 1 aromatic carbocycles. The Morgan fingerprint density at radius 2 is 2.11 bits per heavy atom. The highest BCUT2D eigenvalue weighted by molar-refractivity contribution is 7.89. The number of benzene rings is 1. The molecule has 1 atom stereocenters. The molecule has 142 valence electrons. The number of nitro benzene ring substituents is 1. The number of nitrogens with one attached hydrogen (secondary N) is 2. The molecule has 1 aromatic heterocycles. The molecule has 12 heteroatoms. The number of hydrogen-bond acceptors (Lipinski definition) is 8. The number of anilines is 1. The molecule has 0 saturated heterocycles. The number of hydrogen-bond donors (Lipinski definition) is 3. The number of non-ortho nitro benzene ring substituents is 1. The highest BCUT2D eigenvalue weighted by Crippen LogP contribution is 2.28. The number of phenolic OH excluding ortho intramolecular Hbond substituents is 1. The third kappa shape index (κ3) is 4.06. The van der Waals surface area contributed by atoms with E-state index >= 15 is 0 Å². The Morgan fingerprint density at radius 3 is 2.70 bits per heavy atom. The quantitative estimate of drug-likeness (QED) is 0.407. The van der Waals surface area contributed by atoms with Gasteiger partial charge in [-0.25, -0.2) is 4.72 Å². The molecule has 0 saturated carbocycles. The number of rotatable bonds is 4. The van der Waals surface area contributed by atoms with Gasteiger partial charge in [0.05, 0.1) is 16.7 Å². The summed E-state index contributed by atoms with van der Waals surface area (Å²) in [6, 6.07) is 6.30. The van der Waals surface area contributed by atoms with Crippen molar-refractivity contribution in [2.45, 2.75) is 19.9 Å². The number of nitrogens with zero attached hydrogens (tertiary/aromatic N) is 3. The van der Waals surface area contributed by atoms with Gasteiger partial charge in [0, 0.05) is 6.07 Å². The van der Waals surface area contributed by atoms with E-state index < -0.39 is 26.9 Å². The molecule has 0 bridgehead atoms. The number of furan rings is 1. The first-order valence-corrected chi connectivity index (χ1v) is 9.10. The van der Waals surface area contributed by atoms with E-state index in [-0.39, 0.29) is 23.0 Å². The van der Waals surface area contributed by atoms with Gasteiger partial charge in [0.2, 0.25) is 0 Å². The van der Waals surface area contributed by atoms with Crippen LogP contribution in [-0.4, -0.2) is 30.1 Å². The van der Waals surface area contributed by atoms with E-state index in [1.54, 1.807) is 26.0 Å². The third-order valence-electron chi connectivity index (χ3n) is 3.60. The minimum atomic E-state index is -4.00. The van der Waals surface area contributed by atoms with Crippen LogP contribution in [-0.2, 0) is 10.2 Å². The number of nitro groups is 1. The van der Waals surface area contributed by atoms with E-state index in [1.807, 2.05) is 0 Å². The average Bonchev–Trinajstić information content (AvgIpc) is 3.12. The van der Waals surface area contributed by atoms with Crippen molar-refractivity contribution in [2.75, 3.05) is 5.32 Å². The summed E-state index contributed by atoms with van der Waals surface area (Å²) >= 11 is 0. The molecule has 0 fully saturated rings. The molecule has 27 heavy (non-hydrogen) atoms. The molecule has 3 N–H and O–H groups in total. The predicted octanol–water partition coefficient (Wildman–Crippen LogP) is 2.02. The first kappa shape index (κ1) is 18.4. The summed E-state index contributed by atoms with van der Waals surface area (Å²) in [7, 11) is -4.00. The second-order valence-electron chi connectivity index (χ2n) is 5.70. The molecule has 1 aliphatic heterocycles. The van der Waals surface area contributed by atoms with Crippen LogP contribution < -0.4 is 10.0 Å². The van der Waals surface area contributed by atoms with Crippen molar-refractivity contribution in [2.24, 2.45) is 9.39 Å². The number of aromatic hydroxyl groups is 1. The van der Waals surface area contributed by atoms with Gasteiger partial charge in [-0.15, -0.1) is 4.40 Å². The van der Waals surface area contributed by atoms with Gasteiger partial charge in [-0.2, -0.15) is 8.42 Å². The lowest BCUT2D eigenvalue weighted by atomic mass is 10.2. The summed E-state index contributed by atoms with van der Waals surface area (Å²) in [6.07, 6.45) is 0. The Balaban J connectivity index is 1.90. The summed E-state index contributed by atoms with van der Waals surface area (Å²) in [6.45, 7) is 3.48. The fourth-order valence-corrected chi connectivity index (χ4v) is 3.14. The van der Waals surface area contributed by atoms with Crippen molar-refractivity contribution < 1.29 is 22.9 Å². The first-order valence-electron chi connectivity index (χ1n) is 7.66. The molecule has 2 aromatic rings. The van der Waals surface area contributed by atoms with Gasteiger partial charge in [-0.05, 0) is 32.0 Å². The molecule has 0 radical (unpaired) electrons. The van der Waals surface area contributed by atoms with E-state index in [4.69, 9.17) is 4.42 Å². The van der Waals surface area contributed by atoms with Crippen LogP contribution in [0, 0.1) is 17.0 Å². The Morgan fingerprint density at radius 1 is 1.37 bits per heavy atom. The summed E-state index contributed by atoms with van der Waals surface area (Å²) in [5.74, 6) is 0.546. The highest BCUT2D eigenvalue weighted by atomic mass is 32.2. The third-order valence-corrected chi connectivity index (χ3v) is 4.48. The second-order valence-corrected chi connectivity index (χ2v) is 7.04. The Hall–Kier alpha value is -3.41. The Bertz CT molecular complexity index is 1070. The van der Waals surface area contributed by atoms with Crippen LogP contribution in [0.15, 0.2) is 44.1 Å². The first-order chi connectivity index (χ1) is 12.6. The van der Waals surface area contributed by atoms with Crippen molar-refractivity contribution in [1.82, 2.24) is 4.72 Å².